The third-order valence-corrected chi connectivity index (χ3v) is 6.20. The van der Waals surface area contributed by atoms with Crippen LogP contribution in [0.1, 0.15) is 22.8 Å². The molecule has 0 radical (unpaired) electrons. The topological polar surface area (TPSA) is 96.2 Å². The molecular formula is C24H26N6OS. The van der Waals surface area contributed by atoms with Crippen LogP contribution >= 0.6 is 11.8 Å². The second-order valence-electron chi connectivity index (χ2n) is 7.91. The number of benzene rings is 2. The van der Waals surface area contributed by atoms with Crippen LogP contribution in [-0.4, -0.2) is 59.1 Å². The lowest BCUT2D eigenvalue weighted by molar-refractivity contribution is 0.102. The minimum Gasteiger partial charge on any atom is -0.369 e. The van der Waals surface area contributed by atoms with Crippen molar-refractivity contribution >= 4 is 50.0 Å². The van der Waals surface area contributed by atoms with Gasteiger partial charge in [-0.15, -0.1) is 0 Å². The summed E-state index contributed by atoms with van der Waals surface area (Å²) in [7, 11) is 2.12. The van der Waals surface area contributed by atoms with E-state index in [4.69, 9.17) is 10.8 Å². The number of likely N-dealkylation sites (N-methyl/N-ethyl adjacent to an activating group) is 1. The number of carbonyl (C=O) groups excluding carboxylic acids is 1. The second-order valence-corrected chi connectivity index (χ2v) is 9.14. The van der Waals surface area contributed by atoms with Crippen LogP contribution in [0, 0.1) is 10.8 Å². The number of rotatable bonds is 4. The van der Waals surface area contributed by atoms with Crippen LogP contribution in [0.4, 0.5) is 11.5 Å². The number of nitrogens with zero attached hydrogens (tertiary/aromatic N) is 3. The molecule has 0 spiro atoms. The molecular weight excluding hydrogens is 420 g/mol. The molecule has 7 nitrogen and oxygen atoms in total. The van der Waals surface area contributed by atoms with Gasteiger partial charge in [-0.2, -0.15) is 0 Å². The van der Waals surface area contributed by atoms with Gasteiger partial charge in [0.15, 0.2) is 0 Å². The molecule has 1 aliphatic rings. The molecule has 0 aliphatic carbocycles. The highest BCUT2D eigenvalue weighted by Crippen LogP contribution is 2.23. The van der Waals surface area contributed by atoms with E-state index in [0.717, 1.165) is 60.0 Å². The van der Waals surface area contributed by atoms with Gasteiger partial charge in [0.25, 0.3) is 5.91 Å². The van der Waals surface area contributed by atoms with Gasteiger partial charge in [-0.1, -0.05) is 30.0 Å². The van der Waals surface area contributed by atoms with Crippen molar-refractivity contribution in [2.45, 2.75) is 6.92 Å². The lowest BCUT2D eigenvalue weighted by Crippen LogP contribution is -2.44. The Kier molecular flexibility index (Phi) is 6.53. The van der Waals surface area contributed by atoms with Gasteiger partial charge in [0, 0.05) is 54.6 Å². The molecule has 1 aliphatic heterocycles. The van der Waals surface area contributed by atoms with Crippen LogP contribution in [0.3, 0.4) is 0 Å². The van der Waals surface area contributed by atoms with E-state index in [1.165, 1.54) is 0 Å². The van der Waals surface area contributed by atoms with Crippen LogP contribution < -0.4 is 10.2 Å². The first kappa shape index (κ1) is 22.0. The monoisotopic (exact) mass is 446 g/mol. The maximum atomic E-state index is 12.9. The van der Waals surface area contributed by atoms with Crippen molar-refractivity contribution in [3.63, 3.8) is 0 Å². The molecule has 1 saturated heterocycles. The number of piperazine rings is 1. The Hall–Kier alpha value is -3.23. The molecule has 3 aromatic rings. The van der Waals surface area contributed by atoms with E-state index < -0.39 is 0 Å². The number of nitrogens with one attached hydrogen (secondary N) is 3. The fourth-order valence-corrected chi connectivity index (χ4v) is 4.21. The van der Waals surface area contributed by atoms with E-state index in [1.807, 2.05) is 48.5 Å². The first-order valence-electron chi connectivity index (χ1n) is 10.5. The van der Waals surface area contributed by atoms with Crippen molar-refractivity contribution in [3.05, 3.63) is 65.9 Å². The number of thioether (sulfide) groups is 1. The molecule has 0 atom stereocenters. The standard InChI is InChI=1S/C24H26N6OS/c1-16(25)32-23(26)17-6-7-19-15-27-22(14-20(19)12-17)28-24(31)18-4-3-5-21(13-18)30-10-8-29(2)9-11-30/h3-7,12-15,25-26H,8-11H2,1-2H3,(H,27,28,31). The summed E-state index contributed by atoms with van der Waals surface area (Å²) in [4.78, 5) is 21.9. The number of fused-ring (bicyclic) bond motifs is 1. The highest BCUT2D eigenvalue weighted by atomic mass is 32.2. The van der Waals surface area contributed by atoms with Crippen molar-refractivity contribution in [2.75, 3.05) is 43.4 Å². The summed E-state index contributed by atoms with van der Waals surface area (Å²) in [6.07, 6.45) is 1.72. The smallest absolute Gasteiger partial charge is 0.256 e. The Labute approximate surface area is 191 Å². The van der Waals surface area contributed by atoms with Gasteiger partial charge in [0.05, 0.1) is 5.04 Å². The lowest BCUT2D eigenvalue weighted by Gasteiger charge is -2.34. The first-order valence-corrected chi connectivity index (χ1v) is 11.3. The normalized spacial score (nSPS) is 14.4. The molecule has 164 valence electrons. The summed E-state index contributed by atoms with van der Waals surface area (Å²) < 4.78 is 0. The molecule has 1 aromatic heterocycles. The number of aromatic nitrogens is 1. The molecule has 2 aromatic carbocycles. The van der Waals surface area contributed by atoms with E-state index in [2.05, 4.69) is 27.1 Å². The summed E-state index contributed by atoms with van der Waals surface area (Å²) in [6, 6.07) is 15.2. The molecule has 0 bridgehead atoms. The summed E-state index contributed by atoms with van der Waals surface area (Å²) in [5.74, 6) is 0.263. The molecule has 32 heavy (non-hydrogen) atoms. The van der Waals surface area contributed by atoms with E-state index in [9.17, 15) is 4.79 Å². The first-order chi connectivity index (χ1) is 15.4. The molecule has 2 heterocycles. The minimum atomic E-state index is -0.202. The van der Waals surface area contributed by atoms with E-state index >= 15 is 0 Å². The van der Waals surface area contributed by atoms with Crippen LogP contribution in [0.15, 0.2) is 54.7 Å². The van der Waals surface area contributed by atoms with Gasteiger partial charge in [0.1, 0.15) is 10.9 Å². The fraction of sp³-hybridized carbons (Fsp3) is 0.250. The zero-order valence-electron chi connectivity index (χ0n) is 18.2. The largest absolute Gasteiger partial charge is 0.369 e. The Bertz CT molecular complexity index is 1190. The van der Waals surface area contributed by atoms with Crippen molar-refractivity contribution in [1.29, 1.82) is 10.8 Å². The third-order valence-electron chi connectivity index (χ3n) is 5.46. The van der Waals surface area contributed by atoms with Crippen LogP contribution in [0.25, 0.3) is 10.8 Å². The Morgan fingerprint density at radius 2 is 1.78 bits per heavy atom. The number of anilines is 2. The Morgan fingerprint density at radius 3 is 2.53 bits per heavy atom. The number of pyridine rings is 1. The van der Waals surface area contributed by atoms with Crippen LogP contribution in [0.2, 0.25) is 0 Å². The zero-order valence-corrected chi connectivity index (χ0v) is 19.0. The van der Waals surface area contributed by atoms with E-state index in [-0.39, 0.29) is 5.91 Å². The highest BCUT2D eigenvalue weighted by molar-refractivity contribution is 8.26. The number of hydrogen-bond donors (Lipinski definition) is 3. The molecule has 0 saturated carbocycles. The van der Waals surface area contributed by atoms with E-state index in [0.29, 0.717) is 21.5 Å². The molecule has 0 unspecified atom stereocenters. The quantitative estimate of drug-likeness (QED) is 0.410. The molecule has 8 heteroatoms. The molecule has 1 fully saturated rings. The second kappa shape index (κ2) is 9.50. The van der Waals surface area contributed by atoms with Crippen LogP contribution in [0.5, 0.6) is 0 Å². The predicted octanol–water partition coefficient (Wildman–Crippen LogP) is 4.29. The Balaban J connectivity index is 1.51. The molecule has 4 rings (SSSR count). The van der Waals surface area contributed by atoms with Gasteiger partial charge < -0.3 is 15.1 Å². The zero-order chi connectivity index (χ0) is 22.7. The van der Waals surface area contributed by atoms with Crippen molar-refractivity contribution in [2.24, 2.45) is 0 Å². The highest BCUT2D eigenvalue weighted by Gasteiger charge is 2.16. The predicted molar refractivity (Wildman–Crippen MR) is 134 cm³/mol. The van der Waals surface area contributed by atoms with Gasteiger partial charge in [-0.05, 0) is 49.7 Å². The lowest BCUT2D eigenvalue weighted by atomic mass is 10.1. The van der Waals surface area contributed by atoms with E-state index in [1.54, 1.807) is 13.1 Å². The summed E-state index contributed by atoms with van der Waals surface area (Å²) >= 11 is 1.12. The average Bonchev–Trinajstić information content (AvgIpc) is 2.78. The van der Waals surface area contributed by atoms with Crippen molar-refractivity contribution < 1.29 is 4.79 Å². The van der Waals surface area contributed by atoms with Gasteiger partial charge in [-0.25, -0.2) is 4.98 Å². The maximum Gasteiger partial charge on any atom is 0.256 e. The molecule has 1 amide bonds. The van der Waals surface area contributed by atoms with Crippen molar-refractivity contribution in [1.82, 2.24) is 9.88 Å². The maximum absolute atomic E-state index is 12.9. The summed E-state index contributed by atoms with van der Waals surface area (Å²) in [6.45, 7) is 5.57. The van der Waals surface area contributed by atoms with Crippen molar-refractivity contribution in [3.8, 4) is 0 Å². The summed E-state index contributed by atoms with van der Waals surface area (Å²) in [5.41, 5.74) is 2.38. The number of carbonyl (C=O) groups is 1. The minimum absolute atomic E-state index is 0.202. The summed E-state index contributed by atoms with van der Waals surface area (Å²) in [5, 5.41) is 21.1. The molecule has 3 N–H and O–H groups in total. The number of hydrogen-bond acceptors (Lipinski definition) is 7. The van der Waals surface area contributed by atoms with Crippen LogP contribution in [-0.2, 0) is 0 Å². The fourth-order valence-electron chi connectivity index (χ4n) is 3.66. The number of amides is 1. The van der Waals surface area contributed by atoms with Gasteiger partial charge in [-0.3, -0.25) is 15.6 Å². The van der Waals surface area contributed by atoms with Gasteiger partial charge >= 0.3 is 0 Å². The third kappa shape index (κ3) is 5.15. The van der Waals surface area contributed by atoms with Gasteiger partial charge in [0.2, 0.25) is 0 Å². The Morgan fingerprint density at radius 1 is 1.00 bits per heavy atom. The SMILES string of the molecule is CC(=N)SC(=N)c1ccc2cnc(NC(=O)c3cccc(N4CCN(C)CC4)c3)cc2c1. The average molecular weight is 447 g/mol.